The summed E-state index contributed by atoms with van der Waals surface area (Å²) in [5, 5.41) is 3.71. The molecular formula is C13H21N3O5S2. The number of nitrogens with zero attached hydrogens (tertiary/aromatic N) is 3. The van der Waals surface area contributed by atoms with Crippen LogP contribution in [0.15, 0.2) is 9.42 Å². The second-order valence-electron chi connectivity index (χ2n) is 6.15. The second kappa shape index (κ2) is 5.83. The van der Waals surface area contributed by atoms with Gasteiger partial charge < -0.3 is 4.52 Å². The molecule has 1 aromatic heterocycles. The lowest BCUT2D eigenvalue weighted by Gasteiger charge is -2.36. The van der Waals surface area contributed by atoms with Crippen molar-refractivity contribution in [3.8, 4) is 0 Å². The van der Waals surface area contributed by atoms with Gasteiger partial charge in [0.15, 0.2) is 15.6 Å². The van der Waals surface area contributed by atoms with Gasteiger partial charge in [-0.15, -0.1) is 0 Å². The molecule has 0 amide bonds. The molecule has 2 fully saturated rings. The van der Waals surface area contributed by atoms with E-state index in [1.54, 1.807) is 13.8 Å². The number of sulfone groups is 1. The van der Waals surface area contributed by atoms with Crippen LogP contribution in [0.5, 0.6) is 0 Å². The van der Waals surface area contributed by atoms with Crippen LogP contribution in [-0.2, 0) is 19.9 Å². The molecule has 1 aromatic rings. The van der Waals surface area contributed by atoms with E-state index in [9.17, 15) is 16.8 Å². The van der Waals surface area contributed by atoms with Gasteiger partial charge >= 0.3 is 0 Å². The van der Waals surface area contributed by atoms with Crippen molar-refractivity contribution >= 4 is 19.9 Å². The first-order chi connectivity index (χ1) is 10.7. The first kappa shape index (κ1) is 16.9. The molecule has 0 aromatic carbocycles. The van der Waals surface area contributed by atoms with Crippen LogP contribution in [0, 0.1) is 13.8 Å². The van der Waals surface area contributed by atoms with E-state index < -0.39 is 19.9 Å². The minimum Gasteiger partial charge on any atom is -0.360 e. The van der Waals surface area contributed by atoms with E-state index in [2.05, 4.69) is 10.1 Å². The minimum atomic E-state index is -3.62. The number of hydrogen-bond donors (Lipinski definition) is 0. The standard InChI is InChI=1S/C13H21N3O5S2/c1-10-13(11(2)21-14-10)23(19,20)16-6-4-15(5-7-16)12-3-8-22(17,18)9-12/h12H,3-9H2,1-2H3. The fourth-order valence-corrected chi connectivity index (χ4v) is 6.82. The summed E-state index contributed by atoms with van der Waals surface area (Å²) in [6.45, 7) is 4.99. The smallest absolute Gasteiger partial charge is 0.248 e. The fraction of sp³-hybridized carbons (Fsp3) is 0.769. The monoisotopic (exact) mass is 363 g/mol. The third kappa shape index (κ3) is 3.17. The summed E-state index contributed by atoms with van der Waals surface area (Å²) in [5.74, 6) is 0.714. The molecule has 0 bridgehead atoms. The van der Waals surface area contributed by atoms with Crippen molar-refractivity contribution in [2.45, 2.75) is 31.2 Å². The van der Waals surface area contributed by atoms with Crippen LogP contribution in [0.2, 0.25) is 0 Å². The second-order valence-corrected chi connectivity index (χ2v) is 10.3. The van der Waals surface area contributed by atoms with E-state index in [1.165, 1.54) is 4.31 Å². The van der Waals surface area contributed by atoms with Gasteiger partial charge in [-0.1, -0.05) is 5.16 Å². The van der Waals surface area contributed by atoms with Crippen LogP contribution in [0.1, 0.15) is 17.9 Å². The number of sulfonamides is 1. The average molecular weight is 363 g/mol. The summed E-state index contributed by atoms with van der Waals surface area (Å²) in [5.41, 5.74) is 0.367. The third-order valence-electron chi connectivity index (χ3n) is 4.56. The number of rotatable bonds is 3. The predicted molar refractivity (Wildman–Crippen MR) is 83.4 cm³/mol. The van der Waals surface area contributed by atoms with Crippen LogP contribution >= 0.6 is 0 Å². The van der Waals surface area contributed by atoms with Gasteiger partial charge in [0.05, 0.1) is 11.5 Å². The number of piperazine rings is 1. The van der Waals surface area contributed by atoms with Gasteiger partial charge in [0, 0.05) is 32.2 Å². The molecular weight excluding hydrogens is 342 g/mol. The molecule has 2 aliphatic heterocycles. The van der Waals surface area contributed by atoms with Crippen LogP contribution < -0.4 is 0 Å². The highest BCUT2D eigenvalue weighted by Gasteiger charge is 2.37. The SMILES string of the molecule is Cc1noc(C)c1S(=O)(=O)N1CCN(C2CCS(=O)(=O)C2)CC1. The lowest BCUT2D eigenvalue weighted by Crippen LogP contribution is -2.52. The van der Waals surface area contributed by atoms with E-state index in [0.717, 1.165) is 0 Å². The highest BCUT2D eigenvalue weighted by Crippen LogP contribution is 2.25. The van der Waals surface area contributed by atoms with E-state index in [-0.39, 0.29) is 22.4 Å². The topological polar surface area (TPSA) is 101 Å². The van der Waals surface area contributed by atoms with E-state index >= 15 is 0 Å². The van der Waals surface area contributed by atoms with E-state index in [0.29, 0.717) is 44.1 Å². The van der Waals surface area contributed by atoms with Crippen LogP contribution in [0.3, 0.4) is 0 Å². The third-order valence-corrected chi connectivity index (χ3v) is 8.46. The lowest BCUT2D eigenvalue weighted by atomic mass is 10.2. The molecule has 130 valence electrons. The zero-order chi connectivity index (χ0) is 16.8. The van der Waals surface area contributed by atoms with Crippen molar-refractivity contribution in [3.05, 3.63) is 11.5 Å². The molecule has 3 rings (SSSR count). The van der Waals surface area contributed by atoms with Crippen molar-refractivity contribution in [2.24, 2.45) is 0 Å². The van der Waals surface area contributed by atoms with Crippen molar-refractivity contribution < 1.29 is 21.4 Å². The van der Waals surface area contributed by atoms with Crippen molar-refractivity contribution in [1.29, 1.82) is 0 Å². The number of hydrogen-bond acceptors (Lipinski definition) is 7. The molecule has 0 aliphatic carbocycles. The zero-order valence-electron chi connectivity index (χ0n) is 13.2. The average Bonchev–Trinajstić information content (AvgIpc) is 3.01. The van der Waals surface area contributed by atoms with Gasteiger partial charge in [-0.3, -0.25) is 4.90 Å². The van der Waals surface area contributed by atoms with Crippen molar-refractivity contribution in [1.82, 2.24) is 14.4 Å². The highest BCUT2D eigenvalue weighted by molar-refractivity contribution is 7.91. The van der Waals surface area contributed by atoms with Gasteiger partial charge in [-0.2, -0.15) is 4.31 Å². The molecule has 0 N–H and O–H groups in total. The Morgan fingerprint density at radius 3 is 2.30 bits per heavy atom. The minimum absolute atomic E-state index is 0.0175. The molecule has 2 aliphatic rings. The Hall–Kier alpha value is -0.970. The summed E-state index contributed by atoms with van der Waals surface area (Å²) in [6.07, 6.45) is 0.638. The van der Waals surface area contributed by atoms with Crippen LogP contribution in [0.4, 0.5) is 0 Å². The zero-order valence-corrected chi connectivity index (χ0v) is 14.9. The lowest BCUT2D eigenvalue weighted by molar-refractivity contribution is 0.148. The van der Waals surface area contributed by atoms with E-state index in [1.807, 2.05) is 0 Å². The Morgan fingerprint density at radius 1 is 1.17 bits per heavy atom. The molecule has 1 atom stereocenters. The maximum Gasteiger partial charge on any atom is 0.248 e. The number of aromatic nitrogens is 1. The maximum absolute atomic E-state index is 12.7. The molecule has 2 saturated heterocycles. The van der Waals surface area contributed by atoms with Gasteiger partial charge in [-0.05, 0) is 20.3 Å². The molecule has 10 heteroatoms. The molecule has 0 saturated carbocycles. The Bertz CT molecular complexity index is 772. The van der Waals surface area contributed by atoms with Gasteiger partial charge in [-0.25, -0.2) is 16.8 Å². The van der Waals surface area contributed by atoms with Gasteiger partial charge in [0.1, 0.15) is 10.6 Å². The Kier molecular flexibility index (Phi) is 4.28. The summed E-state index contributed by atoms with van der Waals surface area (Å²) in [6, 6.07) is 0.0175. The molecule has 8 nitrogen and oxygen atoms in total. The molecule has 23 heavy (non-hydrogen) atoms. The first-order valence-electron chi connectivity index (χ1n) is 7.58. The van der Waals surface area contributed by atoms with Crippen LogP contribution in [0.25, 0.3) is 0 Å². The van der Waals surface area contributed by atoms with Crippen molar-refractivity contribution in [2.75, 3.05) is 37.7 Å². The Labute approximate surface area is 136 Å². The van der Waals surface area contributed by atoms with Crippen molar-refractivity contribution in [3.63, 3.8) is 0 Å². The molecule has 1 unspecified atom stereocenters. The quantitative estimate of drug-likeness (QED) is 0.732. The number of aryl methyl sites for hydroxylation is 2. The first-order valence-corrected chi connectivity index (χ1v) is 10.8. The largest absolute Gasteiger partial charge is 0.360 e. The van der Waals surface area contributed by atoms with E-state index in [4.69, 9.17) is 4.52 Å². The molecule has 0 spiro atoms. The Morgan fingerprint density at radius 2 is 1.83 bits per heavy atom. The van der Waals surface area contributed by atoms with Gasteiger partial charge in [0.25, 0.3) is 0 Å². The summed E-state index contributed by atoms with van der Waals surface area (Å²) >= 11 is 0. The summed E-state index contributed by atoms with van der Waals surface area (Å²) in [4.78, 5) is 2.23. The summed E-state index contributed by atoms with van der Waals surface area (Å²) in [7, 11) is -6.55. The molecule has 0 radical (unpaired) electrons. The predicted octanol–water partition coefficient (Wildman–Crippen LogP) is -0.215. The highest BCUT2D eigenvalue weighted by atomic mass is 32.2. The maximum atomic E-state index is 12.7. The summed E-state index contributed by atoms with van der Waals surface area (Å²) < 4.78 is 55.0. The van der Waals surface area contributed by atoms with Crippen LogP contribution in [-0.4, -0.2) is 74.9 Å². The van der Waals surface area contributed by atoms with Gasteiger partial charge in [0.2, 0.25) is 10.0 Å². The fourth-order valence-electron chi connectivity index (χ4n) is 3.34. The molecule has 3 heterocycles. The Balaban J connectivity index is 1.70. The normalized spacial score (nSPS) is 26.6.